The van der Waals surface area contributed by atoms with Crippen molar-refractivity contribution in [2.24, 2.45) is 0 Å². The number of hydrogen-bond donors (Lipinski definition) is 1. The molecule has 0 aromatic heterocycles. The zero-order valence-corrected chi connectivity index (χ0v) is 13.0. The number of benzene rings is 2. The second-order valence-electron chi connectivity index (χ2n) is 4.44. The maximum atomic E-state index is 12.1. The van der Waals surface area contributed by atoms with E-state index < -0.39 is 0 Å². The van der Waals surface area contributed by atoms with E-state index in [-0.39, 0.29) is 5.91 Å². The molecular weight excluding hydrogens is 365 g/mol. The highest BCUT2D eigenvalue weighted by atomic mass is 127. The van der Waals surface area contributed by atoms with Crippen LogP contribution in [0.2, 0.25) is 0 Å². The van der Waals surface area contributed by atoms with E-state index >= 15 is 0 Å². The number of methoxy groups -OCH3 is 1. The first kappa shape index (κ1) is 13.2. The van der Waals surface area contributed by atoms with Crippen LogP contribution in [0.4, 0.5) is 5.69 Å². The Morgan fingerprint density at radius 3 is 2.80 bits per heavy atom. The van der Waals surface area contributed by atoms with Gasteiger partial charge in [0, 0.05) is 26.0 Å². The lowest BCUT2D eigenvalue weighted by Crippen LogP contribution is -2.03. The van der Waals surface area contributed by atoms with Gasteiger partial charge in [0.2, 0.25) is 0 Å². The number of fused-ring (bicyclic) bond motifs is 1. The molecule has 0 fully saturated rings. The predicted molar refractivity (Wildman–Crippen MR) is 88.7 cm³/mol. The largest absolute Gasteiger partial charge is 0.496 e. The van der Waals surface area contributed by atoms with E-state index in [0.717, 1.165) is 26.1 Å². The van der Waals surface area contributed by atoms with Gasteiger partial charge < -0.3 is 10.1 Å². The van der Waals surface area contributed by atoms with E-state index in [1.165, 1.54) is 0 Å². The van der Waals surface area contributed by atoms with Gasteiger partial charge in [0.1, 0.15) is 5.75 Å². The highest BCUT2D eigenvalue weighted by Crippen LogP contribution is 2.35. The van der Waals surface area contributed by atoms with Crippen LogP contribution in [0.5, 0.6) is 5.75 Å². The van der Waals surface area contributed by atoms with E-state index in [0.29, 0.717) is 5.57 Å². The Hall–Kier alpha value is -1.82. The minimum atomic E-state index is -0.0760. The molecule has 20 heavy (non-hydrogen) atoms. The highest BCUT2D eigenvalue weighted by molar-refractivity contribution is 14.1. The molecule has 4 heteroatoms. The van der Waals surface area contributed by atoms with Gasteiger partial charge in [-0.2, -0.15) is 0 Å². The van der Waals surface area contributed by atoms with Crippen molar-refractivity contribution in [3.05, 3.63) is 57.2 Å². The minimum Gasteiger partial charge on any atom is -0.496 e. The Balaban J connectivity index is 2.13. The van der Waals surface area contributed by atoms with Gasteiger partial charge in [0.25, 0.3) is 5.91 Å². The zero-order chi connectivity index (χ0) is 14.1. The number of carbonyl (C=O) groups excluding carboxylic acids is 1. The Labute approximate surface area is 130 Å². The fraction of sp³-hybridized carbons (Fsp3) is 0.0625. The molecule has 1 aliphatic rings. The standard InChI is InChI=1S/C16H12INO2/c1-20-15-5-3-2-4-10(15)8-13-12-9-11(17)6-7-14(12)18-16(13)19/h2-9H,1H3,(H,18,19). The number of halogens is 1. The van der Waals surface area contributed by atoms with Crippen molar-refractivity contribution in [1.29, 1.82) is 0 Å². The number of rotatable bonds is 2. The first-order valence-corrected chi connectivity index (χ1v) is 7.23. The summed E-state index contributed by atoms with van der Waals surface area (Å²) >= 11 is 2.24. The lowest BCUT2D eigenvalue weighted by atomic mass is 10.0. The summed E-state index contributed by atoms with van der Waals surface area (Å²) in [7, 11) is 1.63. The van der Waals surface area contributed by atoms with Crippen LogP contribution in [0, 0.1) is 3.57 Å². The van der Waals surface area contributed by atoms with Crippen LogP contribution in [-0.4, -0.2) is 13.0 Å². The van der Waals surface area contributed by atoms with Gasteiger partial charge in [0.05, 0.1) is 7.11 Å². The molecule has 0 saturated carbocycles. The van der Waals surface area contributed by atoms with E-state index in [1.807, 2.05) is 48.5 Å². The molecule has 0 aliphatic carbocycles. The average Bonchev–Trinajstić information content (AvgIpc) is 2.76. The third-order valence-corrected chi connectivity index (χ3v) is 3.87. The van der Waals surface area contributed by atoms with Gasteiger partial charge in [-0.1, -0.05) is 18.2 Å². The van der Waals surface area contributed by atoms with Crippen LogP contribution in [0.3, 0.4) is 0 Å². The van der Waals surface area contributed by atoms with E-state index in [9.17, 15) is 4.79 Å². The Morgan fingerprint density at radius 1 is 1.20 bits per heavy atom. The Morgan fingerprint density at radius 2 is 2.00 bits per heavy atom. The van der Waals surface area contributed by atoms with Crippen LogP contribution < -0.4 is 10.1 Å². The summed E-state index contributed by atoms with van der Waals surface area (Å²) < 4.78 is 6.43. The quantitative estimate of drug-likeness (QED) is 0.639. The summed E-state index contributed by atoms with van der Waals surface area (Å²) in [6.07, 6.45) is 1.87. The lowest BCUT2D eigenvalue weighted by molar-refractivity contribution is -0.110. The van der Waals surface area contributed by atoms with E-state index in [2.05, 4.69) is 27.9 Å². The summed E-state index contributed by atoms with van der Waals surface area (Å²) in [5, 5.41) is 2.88. The zero-order valence-electron chi connectivity index (χ0n) is 10.8. The van der Waals surface area contributed by atoms with Crippen molar-refractivity contribution < 1.29 is 9.53 Å². The van der Waals surface area contributed by atoms with Gasteiger partial charge in [-0.25, -0.2) is 0 Å². The molecule has 1 amide bonds. The van der Waals surface area contributed by atoms with Crippen molar-refractivity contribution in [3.8, 4) is 5.75 Å². The summed E-state index contributed by atoms with van der Waals surface area (Å²) in [6, 6.07) is 13.6. The lowest BCUT2D eigenvalue weighted by Gasteiger charge is -2.05. The number of amides is 1. The first-order chi connectivity index (χ1) is 9.69. The van der Waals surface area contributed by atoms with Gasteiger partial charge >= 0.3 is 0 Å². The Kier molecular flexibility index (Phi) is 3.48. The monoisotopic (exact) mass is 377 g/mol. The molecule has 0 bridgehead atoms. The van der Waals surface area contributed by atoms with E-state index in [4.69, 9.17) is 4.74 Å². The molecule has 0 radical (unpaired) electrons. The topological polar surface area (TPSA) is 38.3 Å². The summed E-state index contributed by atoms with van der Waals surface area (Å²) in [4.78, 5) is 12.1. The summed E-state index contributed by atoms with van der Waals surface area (Å²) in [5.74, 6) is 0.680. The maximum Gasteiger partial charge on any atom is 0.256 e. The minimum absolute atomic E-state index is 0.0760. The van der Waals surface area contributed by atoms with Crippen LogP contribution >= 0.6 is 22.6 Å². The SMILES string of the molecule is COc1ccccc1C=C1C(=O)Nc2ccc(I)cc21. The number of anilines is 1. The van der Waals surface area contributed by atoms with Crippen molar-refractivity contribution in [3.63, 3.8) is 0 Å². The number of carbonyl (C=O) groups is 1. The number of ether oxygens (including phenoxy) is 1. The molecular formula is C16H12INO2. The summed E-state index contributed by atoms with van der Waals surface area (Å²) in [6.45, 7) is 0. The fourth-order valence-electron chi connectivity index (χ4n) is 2.24. The Bertz CT molecular complexity index is 722. The molecule has 0 saturated heterocycles. The molecule has 2 aromatic rings. The predicted octanol–water partition coefficient (Wildman–Crippen LogP) is 3.79. The van der Waals surface area contributed by atoms with Crippen LogP contribution in [-0.2, 0) is 4.79 Å². The van der Waals surface area contributed by atoms with Gasteiger partial charge in [0.15, 0.2) is 0 Å². The molecule has 1 heterocycles. The molecule has 1 N–H and O–H groups in total. The van der Waals surface area contributed by atoms with Gasteiger partial charge in [-0.05, 0) is 52.9 Å². The van der Waals surface area contributed by atoms with Crippen molar-refractivity contribution in [1.82, 2.24) is 0 Å². The van der Waals surface area contributed by atoms with Crippen LogP contribution in [0.15, 0.2) is 42.5 Å². The first-order valence-electron chi connectivity index (χ1n) is 6.15. The molecule has 0 spiro atoms. The van der Waals surface area contributed by atoms with E-state index in [1.54, 1.807) is 7.11 Å². The van der Waals surface area contributed by atoms with Gasteiger partial charge in [-0.3, -0.25) is 4.79 Å². The number of para-hydroxylation sites is 1. The fourth-order valence-corrected chi connectivity index (χ4v) is 2.74. The van der Waals surface area contributed by atoms with Crippen LogP contribution in [0.25, 0.3) is 11.6 Å². The second-order valence-corrected chi connectivity index (χ2v) is 5.69. The third kappa shape index (κ3) is 2.31. The molecule has 3 nitrogen and oxygen atoms in total. The summed E-state index contributed by atoms with van der Waals surface area (Å²) in [5.41, 5.74) is 3.36. The molecule has 2 aromatic carbocycles. The normalized spacial score (nSPS) is 15.1. The van der Waals surface area contributed by atoms with Crippen molar-refractivity contribution in [2.45, 2.75) is 0 Å². The molecule has 3 rings (SSSR count). The second kappa shape index (κ2) is 5.28. The number of nitrogens with one attached hydrogen (secondary N) is 1. The van der Waals surface area contributed by atoms with Crippen molar-refractivity contribution in [2.75, 3.05) is 12.4 Å². The smallest absolute Gasteiger partial charge is 0.256 e. The molecule has 0 atom stereocenters. The number of hydrogen-bond acceptors (Lipinski definition) is 2. The molecule has 1 aliphatic heterocycles. The van der Waals surface area contributed by atoms with Gasteiger partial charge in [-0.15, -0.1) is 0 Å². The average molecular weight is 377 g/mol. The van der Waals surface area contributed by atoms with Crippen LogP contribution in [0.1, 0.15) is 11.1 Å². The molecule has 100 valence electrons. The third-order valence-electron chi connectivity index (χ3n) is 3.20. The van der Waals surface area contributed by atoms with Crippen molar-refractivity contribution >= 4 is 45.8 Å². The highest BCUT2D eigenvalue weighted by Gasteiger charge is 2.24. The maximum absolute atomic E-state index is 12.1. The molecule has 0 unspecified atom stereocenters.